The Bertz CT molecular complexity index is 669. The molecule has 2 aromatic carbocycles. The predicted octanol–water partition coefficient (Wildman–Crippen LogP) is 4.87. The van der Waals surface area contributed by atoms with Crippen molar-refractivity contribution in [1.82, 2.24) is 0 Å². The Morgan fingerprint density at radius 1 is 1.14 bits per heavy atom. The van der Waals surface area contributed by atoms with Crippen LogP contribution in [0.15, 0.2) is 47.5 Å². The first-order valence-corrected chi connectivity index (χ1v) is 7.62. The van der Waals surface area contributed by atoms with Crippen LogP contribution < -0.4 is 5.32 Å². The third-order valence-corrected chi connectivity index (χ3v) is 3.46. The van der Waals surface area contributed by atoms with Crippen molar-refractivity contribution >= 4 is 17.6 Å². The zero-order valence-electron chi connectivity index (χ0n) is 13.7. The van der Waals surface area contributed by atoms with Crippen molar-refractivity contribution in [2.45, 2.75) is 33.1 Å². The third-order valence-electron chi connectivity index (χ3n) is 3.46. The number of para-hydroxylation sites is 1. The quantitative estimate of drug-likeness (QED) is 0.790. The third kappa shape index (κ3) is 3.88. The molecule has 0 aromatic heterocycles. The average Bonchev–Trinajstić information content (AvgIpc) is 2.46. The van der Waals surface area contributed by atoms with E-state index in [1.165, 1.54) is 0 Å². The Kier molecular flexibility index (Phi) is 4.86. The van der Waals surface area contributed by atoms with Crippen molar-refractivity contribution < 1.29 is 5.11 Å². The molecular formula is C19H24N2O. The maximum atomic E-state index is 10.4. The molecule has 22 heavy (non-hydrogen) atoms. The highest BCUT2D eigenvalue weighted by Crippen LogP contribution is 2.32. The molecule has 2 N–H and O–H groups in total. The van der Waals surface area contributed by atoms with Gasteiger partial charge in [-0.3, -0.25) is 4.99 Å². The molecule has 116 valence electrons. The van der Waals surface area contributed by atoms with Crippen molar-refractivity contribution in [1.29, 1.82) is 0 Å². The van der Waals surface area contributed by atoms with Crippen LogP contribution in [0.2, 0.25) is 0 Å². The van der Waals surface area contributed by atoms with Crippen LogP contribution in [-0.4, -0.2) is 17.9 Å². The van der Waals surface area contributed by atoms with E-state index in [2.05, 4.69) is 38.0 Å². The molecule has 0 amide bonds. The number of nitrogens with zero attached hydrogens (tertiary/aromatic N) is 1. The van der Waals surface area contributed by atoms with E-state index in [0.717, 1.165) is 29.0 Å². The molecule has 0 saturated carbocycles. The first kappa shape index (κ1) is 16.1. The lowest BCUT2D eigenvalue weighted by atomic mass is 9.85. The van der Waals surface area contributed by atoms with Gasteiger partial charge in [0.1, 0.15) is 5.75 Å². The molecule has 0 bridgehead atoms. The Balaban J connectivity index is 2.29. The molecule has 0 atom stereocenters. The van der Waals surface area contributed by atoms with Crippen LogP contribution in [0.25, 0.3) is 0 Å². The molecule has 0 spiro atoms. The van der Waals surface area contributed by atoms with E-state index in [1.54, 1.807) is 6.21 Å². The SMILES string of the molecule is CCNc1cccc(N=Cc2cccc(C(C)(C)C)c2O)c1. The van der Waals surface area contributed by atoms with Gasteiger partial charge >= 0.3 is 0 Å². The highest BCUT2D eigenvalue weighted by Gasteiger charge is 2.19. The minimum atomic E-state index is -0.0983. The standard InChI is InChI=1S/C19H24N2O/c1-5-20-15-9-7-10-16(12-15)21-13-14-8-6-11-17(18(14)22)19(2,3)4/h6-13,20,22H,5H2,1-4H3. The fraction of sp³-hybridized carbons (Fsp3) is 0.316. The summed E-state index contributed by atoms with van der Waals surface area (Å²) in [5.41, 5.74) is 3.47. The number of hydrogen-bond donors (Lipinski definition) is 2. The van der Waals surface area contributed by atoms with Crippen molar-refractivity contribution in [2.24, 2.45) is 4.99 Å². The summed E-state index contributed by atoms with van der Waals surface area (Å²) in [5, 5.41) is 13.7. The van der Waals surface area contributed by atoms with Crippen LogP contribution in [0.1, 0.15) is 38.8 Å². The van der Waals surface area contributed by atoms with Crippen LogP contribution in [0, 0.1) is 0 Å². The van der Waals surface area contributed by atoms with Gasteiger partial charge in [-0.1, -0.05) is 39.0 Å². The van der Waals surface area contributed by atoms with Gasteiger partial charge in [0.2, 0.25) is 0 Å². The zero-order chi connectivity index (χ0) is 16.2. The summed E-state index contributed by atoms with van der Waals surface area (Å²) in [4.78, 5) is 4.48. The Labute approximate surface area is 132 Å². The fourth-order valence-corrected chi connectivity index (χ4v) is 2.32. The minimum absolute atomic E-state index is 0.0983. The van der Waals surface area contributed by atoms with Gasteiger partial charge in [-0.25, -0.2) is 0 Å². The van der Waals surface area contributed by atoms with E-state index in [0.29, 0.717) is 5.75 Å². The lowest BCUT2D eigenvalue weighted by Gasteiger charge is -2.21. The number of hydrogen-bond acceptors (Lipinski definition) is 3. The molecule has 3 nitrogen and oxygen atoms in total. The molecule has 0 saturated heterocycles. The fourth-order valence-electron chi connectivity index (χ4n) is 2.32. The topological polar surface area (TPSA) is 44.6 Å². The monoisotopic (exact) mass is 296 g/mol. The maximum absolute atomic E-state index is 10.4. The Morgan fingerprint density at radius 3 is 2.55 bits per heavy atom. The van der Waals surface area contributed by atoms with E-state index in [4.69, 9.17) is 0 Å². The van der Waals surface area contributed by atoms with Gasteiger partial charge in [0.05, 0.1) is 5.69 Å². The summed E-state index contributed by atoms with van der Waals surface area (Å²) in [6.07, 6.45) is 1.72. The van der Waals surface area contributed by atoms with Crippen LogP contribution in [0.5, 0.6) is 5.75 Å². The molecule has 2 aromatic rings. The van der Waals surface area contributed by atoms with Crippen molar-refractivity contribution in [3.8, 4) is 5.75 Å². The maximum Gasteiger partial charge on any atom is 0.128 e. The van der Waals surface area contributed by atoms with E-state index in [9.17, 15) is 5.11 Å². The average molecular weight is 296 g/mol. The summed E-state index contributed by atoms with van der Waals surface area (Å²) in [6.45, 7) is 9.20. The Hall–Kier alpha value is -2.29. The van der Waals surface area contributed by atoms with Gasteiger partial charge in [-0.15, -0.1) is 0 Å². The number of aliphatic imine (C=N–C) groups is 1. The van der Waals surface area contributed by atoms with E-state index in [-0.39, 0.29) is 5.41 Å². The predicted molar refractivity (Wildman–Crippen MR) is 94.7 cm³/mol. The summed E-state index contributed by atoms with van der Waals surface area (Å²) < 4.78 is 0. The number of phenolic OH excluding ortho intramolecular Hbond substituents is 1. The summed E-state index contributed by atoms with van der Waals surface area (Å²) in [5.74, 6) is 0.307. The van der Waals surface area contributed by atoms with E-state index < -0.39 is 0 Å². The van der Waals surface area contributed by atoms with Gasteiger partial charge < -0.3 is 10.4 Å². The van der Waals surface area contributed by atoms with Gasteiger partial charge in [0.25, 0.3) is 0 Å². The van der Waals surface area contributed by atoms with Crippen molar-refractivity contribution in [3.63, 3.8) is 0 Å². The van der Waals surface area contributed by atoms with Crippen molar-refractivity contribution in [3.05, 3.63) is 53.6 Å². The molecule has 2 rings (SSSR count). The molecule has 3 heteroatoms. The lowest BCUT2D eigenvalue weighted by Crippen LogP contribution is -2.11. The molecule has 0 heterocycles. The molecule has 0 unspecified atom stereocenters. The summed E-state index contributed by atoms with van der Waals surface area (Å²) in [7, 11) is 0. The van der Waals surface area contributed by atoms with Gasteiger partial charge in [0.15, 0.2) is 0 Å². The van der Waals surface area contributed by atoms with Gasteiger partial charge in [0, 0.05) is 24.0 Å². The number of rotatable bonds is 4. The van der Waals surface area contributed by atoms with Gasteiger partial charge in [-0.2, -0.15) is 0 Å². The van der Waals surface area contributed by atoms with Crippen LogP contribution >= 0.6 is 0 Å². The normalized spacial score (nSPS) is 11.8. The van der Waals surface area contributed by atoms with Crippen LogP contribution in [0.3, 0.4) is 0 Å². The first-order chi connectivity index (χ1) is 10.4. The van der Waals surface area contributed by atoms with Gasteiger partial charge in [-0.05, 0) is 42.2 Å². The number of benzene rings is 2. The molecule has 0 fully saturated rings. The number of nitrogens with one attached hydrogen (secondary N) is 1. The highest BCUT2D eigenvalue weighted by molar-refractivity contribution is 5.86. The summed E-state index contributed by atoms with van der Waals surface area (Å²) >= 11 is 0. The van der Waals surface area contributed by atoms with E-state index in [1.807, 2.05) is 42.5 Å². The number of aromatic hydroxyl groups is 1. The molecule has 0 aliphatic carbocycles. The lowest BCUT2D eigenvalue weighted by molar-refractivity contribution is 0.446. The molecule has 0 aliphatic rings. The molecule has 0 aliphatic heterocycles. The summed E-state index contributed by atoms with van der Waals surface area (Å²) in [6, 6.07) is 13.7. The smallest absolute Gasteiger partial charge is 0.128 e. The second kappa shape index (κ2) is 6.65. The Morgan fingerprint density at radius 2 is 1.86 bits per heavy atom. The zero-order valence-corrected chi connectivity index (χ0v) is 13.7. The first-order valence-electron chi connectivity index (χ1n) is 7.62. The highest BCUT2D eigenvalue weighted by atomic mass is 16.3. The largest absolute Gasteiger partial charge is 0.507 e. The van der Waals surface area contributed by atoms with E-state index >= 15 is 0 Å². The second-order valence-corrected chi connectivity index (χ2v) is 6.33. The molecular weight excluding hydrogens is 272 g/mol. The van der Waals surface area contributed by atoms with Crippen LogP contribution in [-0.2, 0) is 5.41 Å². The second-order valence-electron chi connectivity index (χ2n) is 6.33. The van der Waals surface area contributed by atoms with Crippen molar-refractivity contribution in [2.75, 3.05) is 11.9 Å². The number of phenols is 1. The number of anilines is 1. The molecule has 0 radical (unpaired) electrons. The minimum Gasteiger partial charge on any atom is -0.507 e. The van der Waals surface area contributed by atoms with Crippen LogP contribution in [0.4, 0.5) is 11.4 Å².